The molecule has 1 aliphatic heterocycles. The molecule has 0 amide bonds. The van der Waals surface area contributed by atoms with Gasteiger partial charge in [-0.05, 0) is 25.5 Å². The molecule has 2 rings (SSSR count). The summed E-state index contributed by atoms with van der Waals surface area (Å²) in [6, 6.07) is 6.41. The Bertz CT molecular complexity index is 310. The van der Waals surface area contributed by atoms with Crippen molar-refractivity contribution in [2.24, 2.45) is 0 Å². The van der Waals surface area contributed by atoms with Crippen molar-refractivity contribution in [2.45, 2.75) is 25.0 Å². The second-order valence-electron chi connectivity index (χ2n) is 3.67. The molecule has 0 aliphatic carbocycles. The molecule has 0 unspecified atom stereocenters. The van der Waals surface area contributed by atoms with Crippen LogP contribution < -0.4 is 5.32 Å². The van der Waals surface area contributed by atoms with E-state index in [0.717, 1.165) is 19.4 Å². The smallest absolute Gasteiger partial charge is 0.129 e. The van der Waals surface area contributed by atoms with Crippen molar-refractivity contribution in [2.75, 3.05) is 6.54 Å². The van der Waals surface area contributed by atoms with E-state index in [-0.39, 0.29) is 11.9 Å². The molecule has 0 spiro atoms. The summed E-state index contributed by atoms with van der Waals surface area (Å²) in [6.07, 6.45) is 1.24. The molecular formula is C11H14FNO. The third-order valence-corrected chi connectivity index (χ3v) is 2.70. The largest absolute Gasteiger partial charge is 0.387 e. The predicted octanol–water partition coefficient (Wildman–Crippen LogP) is 1.61. The maximum absolute atomic E-state index is 13.3. The second-order valence-corrected chi connectivity index (χ2v) is 3.67. The Kier molecular flexibility index (Phi) is 2.79. The third-order valence-electron chi connectivity index (χ3n) is 2.70. The summed E-state index contributed by atoms with van der Waals surface area (Å²) in [6.45, 7) is 0.913. The van der Waals surface area contributed by atoms with Gasteiger partial charge in [0.25, 0.3) is 0 Å². The summed E-state index contributed by atoms with van der Waals surface area (Å²) in [7, 11) is 0. The molecule has 2 N–H and O–H groups in total. The van der Waals surface area contributed by atoms with Gasteiger partial charge in [-0.15, -0.1) is 0 Å². The van der Waals surface area contributed by atoms with Gasteiger partial charge >= 0.3 is 0 Å². The number of hydrogen-bond acceptors (Lipinski definition) is 2. The quantitative estimate of drug-likeness (QED) is 0.751. The normalized spacial score (nSPS) is 23.7. The summed E-state index contributed by atoms with van der Waals surface area (Å²) in [5, 5.41) is 13.1. The molecule has 1 aliphatic rings. The Balaban J connectivity index is 2.17. The monoisotopic (exact) mass is 195 g/mol. The van der Waals surface area contributed by atoms with Crippen molar-refractivity contribution < 1.29 is 9.50 Å². The van der Waals surface area contributed by atoms with Crippen LogP contribution >= 0.6 is 0 Å². The first-order chi connectivity index (χ1) is 6.79. The van der Waals surface area contributed by atoms with Crippen molar-refractivity contribution in [3.8, 4) is 0 Å². The predicted molar refractivity (Wildman–Crippen MR) is 52.4 cm³/mol. The van der Waals surface area contributed by atoms with Crippen molar-refractivity contribution in [1.29, 1.82) is 0 Å². The molecule has 3 heteroatoms. The van der Waals surface area contributed by atoms with Gasteiger partial charge in [-0.25, -0.2) is 4.39 Å². The minimum atomic E-state index is -0.723. The van der Waals surface area contributed by atoms with E-state index < -0.39 is 6.10 Å². The molecule has 1 aromatic carbocycles. The highest BCUT2D eigenvalue weighted by Gasteiger charge is 2.25. The summed E-state index contributed by atoms with van der Waals surface area (Å²) < 4.78 is 13.3. The first-order valence-electron chi connectivity index (χ1n) is 4.95. The highest BCUT2D eigenvalue weighted by Crippen LogP contribution is 2.24. The zero-order chi connectivity index (χ0) is 9.97. The lowest BCUT2D eigenvalue weighted by Gasteiger charge is -2.18. The minimum Gasteiger partial charge on any atom is -0.387 e. The lowest BCUT2D eigenvalue weighted by Crippen LogP contribution is -2.29. The molecule has 76 valence electrons. The zero-order valence-corrected chi connectivity index (χ0v) is 7.91. The third kappa shape index (κ3) is 1.79. The van der Waals surface area contributed by atoms with Crippen molar-refractivity contribution >= 4 is 0 Å². The van der Waals surface area contributed by atoms with E-state index in [1.165, 1.54) is 6.07 Å². The van der Waals surface area contributed by atoms with Crippen LogP contribution in [0.25, 0.3) is 0 Å². The SMILES string of the molecule is O[C@H](c1ccccc1F)[C@@H]1CCCN1. The van der Waals surface area contributed by atoms with E-state index >= 15 is 0 Å². The standard InChI is InChI=1S/C11H14FNO/c12-9-5-2-1-4-8(9)11(14)10-6-3-7-13-10/h1-2,4-5,10-11,13-14H,3,6-7H2/t10-,11+/m0/s1. The maximum Gasteiger partial charge on any atom is 0.129 e. The van der Waals surface area contributed by atoms with E-state index in [1.54, 1.807) is 18.2 Å². The Morgan fingerprint density at radius 2 is 2.21 bits per heavy atom. The maximum atomic E-state index is 13.3. The average Bonchev–Trinajstić information content (AvgIpc) is 2.70. The number of benzene rings is 1. The lowest BCUT2D eigenvalue weighted by atomic mass is 10.0. The lowest BCUT2D eigenvalue weighted by molar-refractivity contribution is 0.133. The number of rotatable bonds is 2. The second kappa shape index (κ2) is 4.07. The molecule has 1 fully saturated rings. The Morgan fingerprint density at radius 3 is 2.86 bits per heavy atom. The number of halogens is 1. The van der Waals surface area contributed by atoms with E-state index in [4.69, 9.17) is 0 Å². The number of nitrogens with one attached hydrogen (secondary N) is 1. The highest BCUT2D eigenvalue weighted by molar-refractivity contribution is 5.21. The van der Waals surface area contributed by atoms with Gasteiger partial charge in [-0.1, -0.05) is 18.2 Å². The first kappa shape index (κ1) is 9.62. The van der Waals surface area contributed by atoms with E-state index in [1.807, 2.05) is 0 Å². The van der Waals surface area contributed by atoms with Crippen molar-refractivity contribution in [1.82, 2.24) is 5.32 Å². The van der Waals surface area contributed by atoms with Gasteiger partial charge in [-0.2, -0.15) is 0 Å². The molecule has 2 atom stereocenters. The fourth-order valence-corrected chi connectivity index (χ4v) is 1.91. The van der Waals surface area contributed by atoms with Crippen LogP contribution in [0, 0.1) is 5.82 Å². The topological polar surface area (TPSA) is 32.3 Å². The number of aliphatic hydroxyl groups excluding tert-OH is 1. The molecule has 0 aromatic heterocycles. The molecule has 14 heavy (non-hydrogen) atoms. The Hall–Kier alpha value is -0.930. The van der Waals surface area contributed by atoms with Gasteiger partial charge in [0.15, 0.2) is 0 Å². The Labute approximate surface area is 82.8 Å². The van der Waals surface area contributed by atoms with Gasteiger partial charge in [0.2, 0.25) is 0 Å². The van der Waals surface area contributed by atoms with E-state index in [0.29, 0.717) is 5.56 Å². The van der Waals surface area contributed by atoms with Crippen LogP contribution in [0.2, 0.25) is 0 Å². The van der Waals surface area contributed by atoms with Crippen LogP contribution in [0.1, 0.15) is 24.5 Å². The number of aliphatic hydroxyl groups is 1. The molecule has 0 saturated carbocycles. The fraction of sp³-hybridized carbons (Fsp3) is 0.455. The van der Waals surface area contributed by atoms with Gasteiger partial charge in [0, 0.05) is 11.6 Å². The Morgan fingerprint density at radius 1 is 1.43 bits per heavy atom. The van der Waals surface area contributed by atoms with Crippen LogP contribution in [0.15, 0.2) is 24.3 Å². The summed E-state index contributed by atoms with van der Waals surface area (Å²) >= 11 is 0. The molecule has 1 saturated heterocycles. The van der Waals surface area contributed by atoms with Gasteiger partial charge in [0.1, 0.15) is 5.82 Å². The van der Waals surface area contributed by atoms with Gasteiger partial charge in [-0.3, -0.25) is 0 Å². The fourth-order valence-electron chi connectivity index (χ4n) is 1.91. The molecule has 0 bridgehead atoms. The number of hydrogen-bond donors (Lipinski definition) is 2. The van der Waals surface area contributed by atoms with Crippen LogP contribution in [0.4, 0.5) is 4.39 Å². The summed E-state index contributed by atoms with van der Waals surface area (Å²) in [5.41, 5.74) is 0.395. The summed E-state index contributed by atoms with van der Waals surface area (Å²) in [5.74, 6) is -0.325. The minimum absolute atomic E-state index is 0.00639. The first-order valence-corrected chi connectivity index (χ1v) is 4.95. The molecular weight excluding hydrogens is 181 g/mol. The van der Waals surface area contributed by atoms with Crippen LogP contribution in [0.3, 0.4) is 0 Å². The van der Waals surface area contributed by atoms with E-state index in [9.17, 15) is 9.50 Å². The van der Waals surface area contributed by atoms with Crippen LogP contribution in [0.5, 0.6) is 0 Å². The van der Waals surface area contributed by atoms with E-state index in [2.05, 4.69) is 5.32 Å². The van der Waals surface area contributed by atoms with Crippen LogP contribution in [-0.2, 0) is 0 Å². The van der Waals surface area contributed by atoms with Crippen molar-refractivity contribution in [3.63, 3.8) is 0 Å². The average molecular weight is 195 g/mol. The van der Waals surface area contributed by atoms with Crippen LogP contribution in [-0.4, -0.2) is 17.7 Å². The molecule has 0 radical (unpaired) electrons. The van der Waals surface area contributed by atoms with Gasteiger partial charge < -0.3 is 10.4 Å². The highest BCUT2D eigenvalue weighted by atomic mass is 19.1. The summed E-state index contributed by atoms with van der Waals surface area (Å²) in [4.78, 5) is 0. The molecule has 2 nitrogen and oxygen atoms in total. The zero-order valence-electron chi connectivity index (χ0n) is 7.91. The van der Waals surface area contributed by atoms with Crippen molar-refractivity contribution in [3.05, 3.63) is 35.6 Å². The molecule has 1 aromatic rings. The molecule has 1 heterocycles. The van der Waals surface area contributed by atoms with Gasteiger partial charge in [0.05, 0.1) is 6.10 Å².